The first-order valence-electron chi connectivity index (χ1n) is 6.46. The zero-order chi connectivity index (χ0) is 13.6. The molecule has 1 aromatic rings. The maximum absolute atomic E-state index is 12.8. The predicted molar refractivity (Wildman–Crippen MR) is 68.3 cm³/mol. The van der Waals surface area contributed by atoms with E-state index in [9.17, 15) is 13.2 Å². The fourth-order valence-electron chi connectivity index (χ4n) is 2.08. The predicted octanol–water partition coefficient (Wildman–Crippen LogP) is 5.59. The fourth-order valence-corrected chi connectivity index (χ4v) is 2.08. The molecule has 0 fully saturated rings. The van der Waals surface area contributed by atoms with Crippen molar-refractivity contribution in [3.8, 4) is 0 Å². The van der Waals surface area contributed by atoms with Gasteiger partial charge in [-0.2, -0.15) is 13.2 Å². The first-order chi connectivity index (χ1) is 8.46. The first-order valence-corrected chi connectivity index (χ1v) is 6.46. The number of hydrogen-bond acceptors (Lipinski definition) is 0. The van der Waals surface area contributed by atoms with Crippen molar-refractivity contribution >= 4 is 0 Å². The minimum atomic E-state index is -4.28. The molecule has 18 heavy (non-hydrogen) atoms. The van der Waals surface area contributed by atoms with Gasteiger partial charge in [-0.05, 0) is 30.9 Å². The summed E-state index contributed by atoms with van der Waals surface area (Å²) in [5, 5.41) is 0. The van der Waals surface area contributed by atoms with Crippen LogP contribution in [0, 0.1) is 6.92 Å². The van der Waals surface area contributed by atoms with E-state index < -0.39 is 11.7 Å². The van der Waals surface area contributed by atoms with Crippen molar-refractivity contribution < 1.29 is 13.2 Å². The van der Waals surface area contributed by atoms with E-state index in [1.165, 1.54) is 6.07 Å². The minimum Gasteiger partial charge on any atom is -0.166 e. The van der Waals surface area contributed by atoms with Crippen molar-refractivity contribution in [3.63, 3.8) is 0 Å². The van der Waals surface area contributed by atoms with Crippen LogP contribution >= 0.6 is 0 Å². The lowest BCUT2D eigenvalue weighted by atomic mass is 9.91. The van der Waals surface area contributed by atoms with Crippen molar-refractivity contribution in [1.29, 1.82) is 0 Å². The molecule has 0 aliphatic carbocycles. The average Bonchev–Trinajstić information content (AvgIpc) is 2.33. The summed E-state index contributed by atoms with van der Waals surface area (Å²) in [5.74, 6) is -0.278. The normalized spacial score (nSPS) is 13.6. The van der Waals surface area contributed by atoms with E-state index >= 15 is 0 Å². The fraction of sp³-hybridized carbons (Fsp3) is 0.533. The molecule has 1 rings (SSSR count). The second-order valence-electron chi connectivity index (χ2n) is 4.63. The van der Waals surface area contributed by atoms with Crippen LogP contribution in [0.3, 0.4) is 0 Å². The standard InChI is InChI=1S/C15H20F3/c1-3-4-5-6-9-12(2)13-10-7-8-11-14(13)15(16,17)18/h7-8,10-12H,2-6,9H2,1H3. The SMILES string of the molecule is [CH2]C(CCCCCC)c1ccccc1C(F)(F)F. The molecule has 1 atom stereocenters. The number of benzene rings is 1. The molecule has 0 saturated carbocycles. The lowest BCUT2D eigenvalue weighted by molar-refractivity contribution is -0.138. The molecule has 0 amide bonds. The van der Waals surface area contributed by atoms with Crippen LogP contribution in [-0.4, -0.2) is 0 Å². The van der Waals surface area contributed by atoms with Gasteiger partial charge in [0.05, 0.1) is 5.56 Å². The summed E-state index contributed by atoms with van der Waals surface area (Å²) in [4.78, 5) is 0. The molecule has 0 aliphatic rings. The zero-order valence-electron chi connectivity index (χ0n) is 10.8. The summed E-state index contributed by atoms with van der Waals surface area (Å²) in [6.45, 7) is 5.99. The first kappa shape index (κ1) is 15.1. The molecule has 0 bridgehead atoms. The summed E-state index contributed by atoms with van der Waals surface area (Å²) < 4.78 is 38.5. The molecule has 1 unspecified atom stereocenters. The van der Waals surface area contributed by atoms with Crippen LogP contribution in [0.5, 0.6) is 0 Å². The van der Waals surface area contributed by atoms with E-state index in [0.717, 1.165) is 31.7 Å². The number of rotatable bonds is 6. The van der Waals surface area contributed by atoms with Crippen molar-refractivity contribution in [3.05, 3.63) is 42.3 Å². The molecule has 0 aromatic heterocycles. The minimum absolute atomic E-state index is 0.278. The molecular weight excluding hydrogens is 237 g/mol. The molecule has 101 valence electrons. The van der Waals surface area contributed by atoms with Gasteiger partial charge in [0, 0.05) is 0 Å². The Morgan fingerprint density at radius 1 is 1.11 bits per heavy atom. The number of halogens is 3. The molecule has 0 saturated heterocycles. The molecule has 3 heteroatoms. The highest BCUT2D eigenvalue weighted by Gasteiger charge is 2.33. The molecule has 0 nitrogen and oxygen atoms in total. The van der Waals surface area contributed by atoms with Crippen LogP contribution in [0.1, 0.15) is 56.1 Å². The quantitative estimate of drug-likeness (QED) is 0.582. The maximum atomic E-state index is 12.8. The highest BCUT2D eigenvalue weighted by Crippen LogP contribution is 2.36. The summed E-state index contributed by atoms with van der Waals surface area (Å²) in [6, 6.07) is 5.75. The Bertz CT molecular complexity index is 355. The summed E-state index contributed by atoms with van der Waals surface area (Å²) in [6.07, 6.45) is 0.697. The Balaban J connectivity index is 2.70. The summed E-state index contributed by atoms with van der Waals surface area (Å²) in [5.41, 5.74) is -0.220. The Morgan fingerprint density at radius 3 is 2.39 bits per heavy atom. The molecule has 0 heterocycles. The highest BCUT2D eigenvalue weighted by atomic mass is 19.4. The van der Waals surface area contributed by atoms with Crippen LogP contribution < -0.4 is 0 Å². The van der Waals surface area contributed by atoms with E-state index in [1.807, 2.05) is 0 Å². The topological polar surface area (TPSA) is 0 Å². The third-order valence-corrected chi connectivity index (χ3v) is 3.11. The smallest absolute Gasteiger partial charge is 0.166 e. The zero-order valence-corrected chi connectivity index (χ0v) is 10.8. The van der Waals surface area contributed by atoms with Gasteiger partial charge in [-0.15, -0.1) is 0 Å². The molecule has 1 radical (unpaired) electrons. The van der Waals surface area contributed by atoms with Crippen molar-refractivity contribution in [2.45, 2.75) is 51.1 Å². The Labute approximate surface area is 107 Å². The van der Waals surface area contributed by atoms with Gasteiger partial charge in [-0.25, -0.2) is 0 Å². The van der Waals surface area contributed by atoms with Crippen LogP contribution in [-0.2, 0) is 6.18 Å². The maximum Gasteiger partial charge on any atom is 0.416 e. The highest BCUT2D eigenvalue weighted by molar-refractivity contribution is 5.33. The van der Waals surface area contributed by atoms with Gasteiger partial charge >= 0.3 is 6.18 Å². The van der Waals surface area contributed by atoms with Crippen LogP contribution in [0.15, 0.2) is 24.3 Å². The molecule has 0 N–H and O–H groups in total. The number of alkyl halides is 3. The van der Waals surface area contributed by atoms with Crippen LogP contribution in [0.4, 0.5) is 13.2 Å². The van der Waals surface area contributed by atoms with Crippen molar-refractivity contribution in [2.24, 2.45) is 0 Å². The monoisotopic (exact) mass is 257 g/mol. The summed E-state index contributed by atoms with van der Waals surface area (Å²) >= 11 is 0. The lowest BCUT2D eigenvalue weighted by Gasteiger charge is -2.18. The Kier molecular flexibility index (Phi) is 5.70. The van der Waals surface area contributed by atoms with Crippen molar-refractivity contribution in [1.82, 2.24) is 0 Å². The van der Waals surface area contributed by atoms with E-state index in [4.69, 9.17) is 0 Å². The van der Waals surface area contributed by atoms with Gasteiger partial charge in [0.2, 0.25) is 0 Å². The van der Waals surface area contributed by atoms with Gasteiger partial charge in [0.25, 0.3) is 0 Å². The third kappa shape index (κ3) is 4.35. The molecule has 1 aromatic carbocycles. The lowest BCUT2D eigenvalue weighted by Crippen LogP contribution is -2.11. The van der Waals surface area contributed by atoms with Gasteiger partial charge in [-0.1, -0.05) is 50.8 Å². The van der Waals surface area contributed by atoms with Gasteiger partial charge in [-0.3, -0.25) is 0 Å². The third-order valence-electron chi connectivity index (χ3n) is 3.11. The van der Waals surface area contributed by atoms with E-state index in [2.05, 4.69) is 13.8 Å². The van der Waals surface area contributed by atoms with E-state index in [0.29, 0.717) is 12.0 Å². The molecule has 0 spiro atoms. The second kappa shape index (κ2) is 6.81. The van der Waals surface area contributed by atoms with Crippen molar-refractivity contribution in [2.75, 3.05) is 0 Å². The Hall–Kier alpha value is -0.990. The van der Waals surface area contributed by atoms with Crippen LogP contribution in [0.25, 0.3) is 0 Å². The van der Waals surface area contributed by atoms with Gasteiger partial charge in [0.15, 0.2) is 0 Å². The second-order valence-corrected chi connectivity index (χ2v) is 4.63. The molecular formula is C15H20F3. The Morgan fingerprint density at radius 2 is 1.78 bits per heavy atom. The van der Waals surface area contributed by atoms with E-state index in [1.54, 1.807) is 12.1 Å². The number of unbranched alkanes of at least 4 members (excludes halogenated alkanes) is 3. The van der Waals surface area contributed by atoms with Gasteiger partial charge < -0.3 is 0 Å². The molecule has 0 aliphatic heterocycles. The van der Waals surface area contributed by atoms with Crippen LogP contribution in [0.2, 0.25) is 0 Å². The number of hydrogen-bond donors (Lipinski definition) is 0. The van der Waals surface area contributed by atoms with Gasteiger partial charge in [0.1, 0.15) is 0 Å². The summed E-state index contributed by atoms with van der Waals surface area (Å²) in [7, 11) is 0. The largest absolute Gasteiger partial charge is 0.416 e. The average molecular weight is 257 g/mol. The van der Waals surface area contributed by atoms with E-state index in [-0.39, 0.29) is 5.92 Å².